The molecule has 1 aliphatic rings. The maximum absolute atomic E-state index is 12.4. The average Bonchev–Trinajstić information content (AvgIpc) is 2.98. The van der Waals surface area contributed by atoms with E-state index in [-0.39, 0.29) is 18.4 Å². The van der Waals surface area contributed by atoms with E-state index in [9.17, 15) is 18.3 Å². The van der Waals surface area contributed by atoms with E-state index in [4.69, 9.17) is 4.74 Å². The third-order valence-corrected chi connectivity index (χ3v) is 5.40. The number of hydrogen-bond donors (Lipinski definition) is 3. The molecule has 3 N–H and O–H groups in total. The number of aliphatic hydroxyl groups is 1. The maximum atomic E-state index is 12.4. The standard InChI is InChI=1S/C18H29N3O5S/c1-18(2,3)26-17(23)19-14-6-4-7-15(12-14)20-27(24,25)11-10-21-9-5-8-16(21)13-22/h4,6-7,12,16,20,22H,5,8-11,13H2,1-3H3,(H,19,23)/t16-/m0/s1. The van der Waals surface area contributed by atoms with Gasteiger partial charge in [-0.2, -0.15) is 0 Å². The monoisotopic (exact) mass is 399 g/mol. The maximum Gasteiger partial charge on any atom is 0.412 e. The summed E-state index contributed by atoms with van der Waals surface area (Å²) in [5, 5.41) is 11.9. The van der Waals surface area contributed by atoms with Crippen LogP contribution in [0.15, 0.2) is 24.3 Å². The van der Waals surface area contributed by atoms with Crippen LogP contribution in [0.3, 0.4) is 0 Å². The van der Waals surface area contributed by atoms with E-state index in [2.05, 4.69) is 10.0 Å². The first kappa shape index (κ1) is 21.5. The zero-order valence-corrected chi connectivity index (χ0v) is 16.9. The molecule has 0 aromatic heterocycles. The molecule has 0 radical (unpaired) electrons. The number of carbonyl (C=O) groups excluding carboxylic acids is 1. The lowest BCUT2D eigenvalue weighted by molar-refractivity contribution is 0.0636. The summed E-state index contributed by atoms with van der Waals surface area (Å²) < 4.78 is 32.4. The molecule has 1 fully saturated rings. The van der Waals surface area contributed by atoms with Gasteiger partial charge < -0.3 is 9.84 Å². The van der Waals surface area contributed by atoms with Gasteiger partial charge in [-0.25, -0.2) is 13.2 Å². The normalized spacial score (nSPS) is 18.3. The second kappa shape index (κ2) is 8.90. The number of hydrogen-bond acceptors (Lipinski definition) is 6. The molecule has 1 aliphatic heterocycles. The summed E-state index contributed by atoms with van der Waals surface area (Å²) >= 11 is 0. The molecule has 0 saturated carbocycles. The van der Waals surface area contributed by atoms with E-state index in [0.717, 1.165) is 19.4 Å². The van der Waals surface area contributed by atoms with Gasteiger partial charge in [-0.05, 0) is 58.4 Å². The fraction of sp³-hybridized carbons (Fsp3) is 0.611. The first-order valence-electron chi connectivity index (χ1n) is 9.03. The average molecular weight is 400 g/mol. The highest BCUT2D eigenvalue weighted by molar-refractivity contribution is 7.92. The quantitative estimate of drug-likeness (QED) is 0.649. The minimum Gasteiger partial charge on any atom is -0.444 e. The number of benzene rings is 1. The van der Waals surface area contributed by atoms with Crippen molar-refractivity contribution < 1.29 is 23.1 Å². The molecule has 1 atom stereocenters. The fourth-order valence-electron chi connectivity index (χ4n) is 2.95. The number of ether oxygens (including phenoxy) is 1. The molecule has 1 aromatic rings. The molecular weight excluding hydrogens is 370 g/mol. The van der Waals surface area contributed by atoms with E-state index in [0.29, 0.717) is 17.9 Å². The van der Waals surface area contributed by atoms with Gasteiger partial charge in [-0.3, -0.25) is 14.9 Å². The Labute approximate surface area is 160 Å². The topological polar surface area (TPSA) is 108 Å². The Morgan fingerprint density at radius 2 is 2.04 bits per heavy atom. The summed E-state index contributed by atoms with van der Waals surface area (Å²) in [5.74, 6) is -0.0623. The Bertz CT molecular complexity index is 746. The third-order valence-electron chi connectivity index (χ3n) is 4.14. The van der Waals surface area contributed by atoms with Gasteiger partial charge in [0.25, 0.3) is 0 Å². The number of anilines is 2. The Hall–Kier alpha value is -1.84. The van der Waals surface area contributed by atoms with Gasteiger partial charge in [0, 0.05) is 18.3 Å². The molecular formula is C18H29N3O5S. The summed E-state index contributed by atoms with van der Waals surface area (Å²) in [7, 11) is -3.55. The highest BCUT2D eigenvalue weighted by atomic mass is 32.2. The third kappa shape index (κ3) is 7.36. The fourth-order valence-corrected chi connectivity index (χ4v) is 4.01. The molecule has 8 nitrogen and oxygen atoms in total. The van der Waals surface area contributed by atoms with Crippen molar-refractivity contribution in [2.75, 3.05) is 35.5 Å². The SMILES string of the molecule is CC(C)(C)OC(=O)Nc1cccc(NS(=O)(=O)CCN2CCC[C@H]2CO)c1. The van der Waals surface area contributed by atoms with E-state index in [1.165, 1.54) is 6.07 Å². The van der Waals surface area contributed by atoms with Gasteiger partial charge in [0.05, 0.1) is 18.0 Å². The Kier molecular flexibility index (Phi) is 7.07. The smallest absolute Gasteiger partial charge is 0.412 e. The molecule has 1 saturated heterocycles. The predicted octanol–water partition coefficient (Wildman–Crippen LogP) is 2.23. The Morgan fingerprint density at radius 1 is 1.33 bits per heavy atom. The number of rotatable bonds is 7. The molecule has 1 aromatic carbocycles. The highest BCUT2D eigenvalue weighted by Gasteiger charge is 2.25. The number of likely N-dealkylation sites (tertiary alicyclic amines) is 1. The first-order valence-corrected chi connectivity index (χ1v) is 10.7. The van der Waals surface area contributed by atoms with Crippen LogP contribution in [0.1, 0.15) is 33.6 Å². The number of nitrogens with zero attached hydrogens (tertiary/aromatic N) is 1. The lowest BCUT2D eigenvalue weighted by atomic mass is 10.2. The minimum absolute atomic E-state index is 0.0431. The van der Waals surface area contributed by atoms with Crippen LogP contribution in [0, 0.1) is 0 Å². The van der Waals surface area contributed by atoms with Crippen molar-refractivity contribution in [3.05, 3.63) is 24.3 Å². The van der Waals surface area contributed by atoms with E-state index >= 15 is 0 Å². The second-order valence-electron chi connectivity index (χ2n) is 7.64. The molecule has 0 aliphatic carbocycles. The van der Waals surface area contributed by atoms with Crippen molar-refractivity contribution in [3.63, 3.8) is 0 Å². The summed E-state index contributed by atoms with van der Waals surface area (Å²) in [4.78, 5) is 13.8. The van der Waals surface area contributed by atoms with Crippen LogP contribution in [-0.2, 0) is 14.8 Å². The van der Waals surface area contributed by atoms with Crippen LogP contribution in [0.25, 0.3) is 0 Å². The molecule has 27 heavy (non-hydrogen) atoms. The van der Waals surface area contributed by atoms with Crippen molar-refractivity contribution in [3.8, 4) is 0 Å². The summed E-state index contributed by atoms with van der Waals surface area (Å²) in [6, 6.07) is 6.49. The molecule has 2 rings (SSSR count). The lowest BCUT2D eigenvalue weighted by Crippen LogP contribution is -2.36. The number of amides is 1. The molecule has 0 unspecified atom stereocenters. The van der Waals surface area contributed by atoms with Crippen molar-refractivity contribution >= 4 is 27.5 Å². The molecule has 0 bridgehead atoms. The van der Waals surface area contributed by atoms with Crippen molar-refractivity contribution in [2.24, 2.45) is 0 Å². The van der Waals surface area contributed by atoms with Crippen LogP contribution < -0.4 is 10.0 Å². The van der Waals surface area contributed by atoms with Crippen molar-refractivity contribution in [1.29, 1.82) is 0 Å². The highest BCUT2D eigenvalue weighted by Crippen LogP contribution is 2.19. The predicted molar refractivity (Wildman–Crippen MR) is 105 cm³/mol. The van der Waals surface area contributed by atoms with Gasteiger partial charge in [0.1, 0.15) is 5.60 Å². The first-order chi connectivity index (χ1) is 12.6. The lowest BCUT2D eigenvalue weighted by Gasteiger charge is -2.22. The zero-order valence-electron chi connectivity index (χ0n) is 16.1. The summed E-state index contributed by atoms with van der Waals surface area (Å²) in [6.45, 7) is 6.51. The van der Waals surface area contributed by atoms with Crippen LogP contribution in [0.4, 0.5) is 16.2 Å². The van der Waals surface area contributed by atoms with Crippen LogP contribution in [0.5, 0.6) is 0 Å². The van der Waals surface area contributed by atoms with Gasteiger partial charge in [0.15, 0.2) is 0 Å². The molecule has 152 valence electrons. The summed E-state index contributed by atoms with van der Waals surface area (Å²) in [6.07, 6.45) is 1.26. The van der Waals surface area contributed by atoms with E-state index in [1.807, 2.05) is 4.90 Å². The van der Waals surface area contributed by atoms with E-state index in [1.54, 1.807) is 39.0 Å². The summed E-state index contributed by atoms with van der Waals surface area (Å²) in [5.41, 5.74) is 0.179. The van der Waals surface area contributed by atoms with Gasteiger partial charge in [-0.15, -0.1) is 0 Å². The van der Waals surface area contributed by atoms with Crippen LogP contribution in [0.2, 0.25) is 0 Å². The van der Waals surface area contributed by atoms with Gasteiger partial charge in [0.2, 0.25) is 10.0 Å². The number of nitrogens with one attached hydrogen (secondary N) is 2. The largest absolute Gasteiger partial charge is 0.444 e. The molecule has 9 heteroatoms. The number of carbonyl (C=O) groups is 1. The molecule has 1 heterocycles. The van der Waals surface area contributed by atoms with Gasteiger partial charge >= 0.3 is 6.09 Å². The van der Waals surface area contributed by atoms with Crippen molar-refractivity contribution in [2.45, 2.75) is 45.3 Å². The zero-order chi connectivity index (χ0) is 20.1. The number of sulfonamides is 1. The van der Waals surface area contributed by atoms with Crippen LogP contribution >= 0.6 is 0 Å². The van der Waals surface area contributed by atoms with Crippen molar-refractivity contribution in [1.82, 2.24) is 4.90 Å². The molecule has 1 amide bonds. The van der Waals surface area contributed by atoms with E-state index < -0.39 is 21.7 Å². The Morgan fingerprint density at radius 3 is 2.70 bits per heavy atom. The molecule has 0 spiro atoms. The van der Waals surface area contributed by atoms with Gasteiger partial charge in [-0.1, -0.05) is 6.07 Å². The Balaban J connectivity index is 1.93. The second-order valence-corrected chi connectivity index (χ2v) is 9.49. The minimum atomic E-state index is -3.55. The number of aliphatic hydroxyl groups excluding tert-OH is 1. The van der Waals surface area contributed by atoms with Crippen LogP contribution in [-0.4, -0.2) is 61.6 Å².